The molecule has 232 valence electrons. The highest BCUT2D eigenvalue weighted by atomic mass is 16.5. The van der Waals surface area contributed by atoms with Gasteiger partial charge in [0, 0.05) is 13.1 Å². The van der Waals surface area contributed by atoms with Gasteiger partial charge in [-0.2, -0.15) is 0 Å². The number of carbonyl (C=O) groups excluding carboxylic acids is 2. The summed E-state index contributed by atoms with van der Waals surface area (Å²) in [5.41, 5.74) is 1.37. The van der Waals surface area contributed by atoms with E-state index < -0.39 is 24.2 Å². The molecule has 2 aromatic rings. The Hall–Kier alpha value is -3.43. The third-order valence-corrected chi connectivity index (χ3v) is 9.42. The molecule has 3 aliphatic rings. The van der Waals surface area contributed by atoms with E-state index in [1.165, 1.54) is 18.6 Å². The third-order valence-electron chi connectivity index (χ3n) is 9.42. The summed E-state index contributed by atoms with van der Waals surface area (Å²) in [6.45, 7) is 5.11. The van der Waals surface area contributed by atoms with Crippen molar-refractivity contribution in [1.82, 2.24) is 15.1 Å². The highest BCUT2D eigenvalue weighted by molar-refractivity contribution is 5.97. The van der Waals surface area contributed by atoms with Crippen molar-refractivity contribution in [3.8, 4) is 11.5 Å². The molecule has 0 radical (unpaired) electrons. The summed E-state index contributed by atoms with van der Waals surface area (Å²) >= 11 is 0. The smallest absolute Gasteiger partial charge is 0.335 e. The normalized spacial score (nSPS) is 23.2. The van der Waals surface area contributed by atoms with Crippen molar-refractivity contribution < 1.29 is 29.3 Å². The predicted molar refractivity (Wildman–Crippen MR) is 163 cm³/mol. The van der Waals surface area contributed by atoms with Crippen LogP contribution in [0.2, 0.25) is 0 Å². The number of carboxylic acids is 1. The molecule has 2 aliphatic heterocycles. The van der Waals surface area contributed by atoms with Gasteiger partial charge in [-0.1, -0.05) is 44.7 Å². The first-order valence-electron chi connectivity index (χ1n) is 16.0. The van der Waals surface area contributed by atoms with Crippen LogP contribution in [-0.2, 0) is 16.1 Å². The number of nitrogens with zero attached hydrogens (tertiary/aromatic N) is 2. The maximum absolute atomic E-state index is 13.7. The molecule has 5 rings (SSSR count). The summed E-state index contributed by atoms with van der Waals surface area (Å²) in [5.74, 6) is 0.226. The highest BCUT2D eigenvalue weighted by Gasteiger charge is 2.48. The number of aliphatic hydroxyl groups is 1. The number of amides is 2. The number of aliphatic hydroxyl groups excluding tert-OH is 1. The van der Waals surface area contributed by atoms with Gasteiger partial charge in [-0.15, -0.1) is 0 Å². The molecule has 3 fully saturated rings. The largest absolute Gasteiger partial charge is 0.478 e. The standard InChI is InChI=1S/C34H45N3O6/c1-2-3-19-37-30(32(39)35-29(33(37)40)31(38)25-7-5-4-6-8-25)24-17-20-36(21-18-24)22-23-9-13-27(14-10-23)43-28-15-11-26(12-16-28)34(41)42/h9-16,24-25,29-31,38H,2-8,17-22H2,1H3,(H,35,39)(H,41,42)/t29-,30?,31?/m1/s1. The van der Waals surface area contributed by atoms with Crippen LogP contribution in [0, 0.1) is 11.8 Å². The number of piperazine rings is 1. The van der Waals surface area contributed by atoms with Crippen LogP contribution in [0.5, 0.6) is 11.5 Å². The number of aromatic carboxylic acids is 1. The van der Waals surface area contributed by atoms with E-state index >= 15 is 0 Å². The van der Waals surface area contributed by atoms with Crippen molar-refractivity contribution in [2.24, 2.45) is 11.8 Å². The quantitative estimate of drug-likeness (QED) is 0.343. The molecule has 9 nitrogen and oxygen atoms in total. The molecule has 3 N–H and O–H groups in total. The van der Waals surface area contributed by atoms with Crippen molar-refractivity contribution in [2.45, 2.75) is 89.4 Å². The molecule has 3 atom stereocenters. The molecule has 2 amide bonds. The topological polar surface area (TPSA) is 119 Å². The molecule has 43 heavy (non-hydrogen) atoms. The summed E-state index contributed by atoms with van der Waals surface area (Å²) < 4.78 is 5.86. The molecule has 2 aromatic carbocycles. The van der Waals surface area contributed by atoms with Gasteiger partial charge < -0.3 is 25.2 Å². The number of hydrogen-bond acceptors (Lipinski definition) is 6. The van der Waals surface area contributed by atoms with Crippen molar-refractivity contribution >= 4 is 17.8 Å². The number of hydrogen-bond donors (Lipinski definition) is 3. The molecule has 0 bridgehead atoms. The Balaban J connectivity index is 1.16. The third kappa shape index (κ3) is 7.57. The SMILES string of the molecule is CCCCN1C(=O)[C@@H](C(O)C2CCCCC2)NC(=O)C1C1CCN(Cc2ccc(Oc3ccc(C(=O)O)cc3)cc2)CC1. The zero-order valence-corrected chi connectivity index (χ0v) is 25.1. The molecule has 9 heteroatoms. The van der Waals surface area contributed by atoms with E-state index in [4.69, 9.17) is 9.84 Å². The fraction of sp³-hybridized carbons (Fsp3) is 0.559. The molecular formula is C34H45N3O6. The van der Waals surface area contributed by atoms with Gasteiger partial charge in [0.1, 0.15) is 23.6 Å². The van der Waals surface area contributed by atoms with E-state index in [-0.39, 0.29) is 29.2 Å². The molecule has 2 heterocycles. The fourth-order valence-corrected chi connectivity index (χ4v) is 6.93. The van der Waals surface area contributed by atoms with E-state index in [1.807, 2.05) is 24.3 Å². The summed E-state index contributed by atoms with van der Waals surface area (Å²) in [5, 5.41) is 23.1. The minimum atomic E-state index is -0.970. The van der Waals surface area contributed by atoms with E-state index in [9.17, 15) is 19.5 Å². The molecule has 1 saturated carbocycles. The molecule has 1 aliphatic carbocycles. The van der Waals surface area contributed by atoms with Crippen LogP contribution in [0.1, 0.15) is 80.6 Å². The summed E-state index contributed by atoms with van der Waals surface area (Å²) in [6, 6.07) is 12.9. The predicted octanol–water partition coefficient (Wildman–Crippen LogP) is 4.83. The van der Waals surface area contributed by atoms with Gasteiger partial charge in [-0.3, -0.25) is 14.5 Å². The first-order valence-corrected chi connectivity index (χ1v) is 16.0. The van der Waals surface area contributed by atoms with E-state index in [1.54, 1.807) is 17.0 Å². The Morgan fingerprint density at radius 2 is 1.58 bits per heavy atom. The molecule has 0 aromatic heterocycles. The van der Waals surface area contributed by atoms with Crippen molar-refractivity contribution in [1.29, 1.82) is 0 Å². The summed E-state index contributed by atoms with van der Waals surface area (Å²) in [7, 11) is 0. The Morgan fingerprint density at radius 3 is 2.19 bits per heavy atom. The van der Waals surface area contributed by atoms with Crippen LogP contribution < -0.4 is 10.1 Å². The monoisotopic (exact) mass is 591 g/mol. The minimum Gasteiger partial charge on any atom is -0.478 e. The molecule has 2 saturated heterocycles. The Bertz CT molecular complexity index is 1240. The zero-order chi connectivity index (χ0) is 30.3. The van der Waals surface area contributed by atoms with Gasteiger partial charge >= 0.3 is 5.97 Å². The van der Waals surface area contributed by atoms with E-state index in [2.05, 4.69) is 17.1 Å². The summed E-state index contributed by atoms with van der Waals surface area (Å²) in [6.07, 6.45) is 7.75. The lowest BCUT2D eigenvalue weighted by atomic mass is 9.80. The van der Waals surface area contributed by atoms with Gasteiger partial charge in [-0.05, 0) is 99.0 Å². The second-order valence-electron chi connectivity index (χ2n) is 12.4. The van der Waals surface area contributed by atoms with Crippen LogP contribution in [0.15, 0.2) is 48.5 Å². The maximum Gasteiger partial charge on any atom is 0.335 e. The fourth-order valence-electron chi connectivity index (χ4n) is 6.93. The van der Waals surface area contributed by atoms with Gasteiger partial charge in [0.25, 0.3) is 0 Å². The molecule has 0 spiro atoms. The minimum absolute atomic E-state index is 0.0711. The number of benzene rings is 2. The van der Waals surface area contributed by atoms with Crippen LogP contribution >= 0.6 is 0 Å². The van der Waals surface area contributed by atoms with E-state index in [0.29, 0.717) is 18.0 Å². The Morgan fingerprint density at radius 1 is 0.953 bits per heavy atom. The summed E-state index contributed by atoms with van der Waals surface area (Å²) in [4.78, 5) is 42.5. The highest BCUT2D eigenvalue weighted by Crippen LogP contribution is 2.33. The number of nitrogens with one attached hydrogen (secondary N) is 1. The molecule has 2 unspecified atom stereocenters. The van der Waals surface area contributed by atoms with Crippen molar-refractivity contribution in [3.63, 3.8) is 0 Å². The first kappa shape index (κ1) is 31.0. The maximum atomic E-state index is 13.7. The molecular weight excluding hydrogens is 546 g/mol. The number of rotatable bonds is 11. The second kappa shape index (κ2) is 14.4. The van der Waals surface area contributed by atoms with Gasteiger partial charge in [0.15, 0.2) is 0 Å². The lowest BCUT2D eigenvalue weighted by Gasteiger charge is -2.46. The number of carboxylic acid groups (broad SMARTS) is 1. The van der Waals surface area contributed by atoms with Crippen LogP contribution in [0.25, 0.3) is 0 Å². The Labute approximate surface area is 254 Å². The van der Waals surface area contributed by atoms with Crippen LogP contribution in [0.4, 0.5) is 0 Å². The number of likely N-dealkylation sites (tertiary alicyclic amines) is 1. The first-order chi connectivity index (χ1) is 20.8. The number of unbranched alkanes of at least 4 members (excludes halogenated alkanes) is 1. The number of carbonyl (C=O) groups is 3. The second-order valence-corrected chi connectivity index (χ2v) is 12.4. The average molecular weight is 592 g/mol. The van der Waals surface area contributed by atoms with Crippen molar-refractivity contribution in [3.05, 3.63) is 59.7 Å². The van der Waals surface area contributed by atoms with Gasteiger partial charge in [0.2, 0.25) is 11.8 Å². The number of piperidine rings is 1. The lowest BCUT2D eigenvalue weighted by molar-refractivity contribution is -0.157. The number of ether oxygens (including phenoxy) is 1. The van der Waals surface area contributed by atoms with E-state index in [0.717, 1.165) is 76.6 Å². The van der Waals surface area contributed by atoms with Gasteiger partial charge in [0.05, 0.1) is 11.7 Å². The lowest BCUT2D eigenvalue weighted by Crippen LogP contribution is -2.69. The van der Waals surface area contributed by atoms with Crippen molar-refractivity contribution in [2.75, 3.05) is 19.6 Å². The van der Waals surface area contributed by atoms with Gasteiger partial charge in [-0.25, -0.2) is 4.79 Å². The zero-order valence-electron chi connectivity index (χ0n) is 25.1. The average Bonchev–Trinajstić information content (AvgIpc) is 3.03. The van der Waals surface area contributed by atoms with Crippen LogP contribution in [-0.4, -0.2) is 75.6 Å². The Kier molecular flexibility index (Phi) is 10.4. The van der Waals surface area contributed by atoms with Crippen LogP contribution in [0.3, 0.4) is 0 Å².